The Morgan fingerprint density at radius 1 is 1.08 bits per heavy atom. The highest BCUT2D eigenvalue weighted by Crippen LogP contribution is 2.57. The van der Waals surface area contributed by atoms with Gasteiger partial charge in [-0.3, -0.25) is 4.57 Å². The van der Waals surface area contributed by atoms with Gasteiger partial charge in [0.25, 0.3) is 0 Å². The highest BCUT2D eigenvalue weighted by atomic mass is 31.2. The Morgan fingerprint density at radius 2 is 1.42 bits per heavy atom. The lowest BCUT2D eigenvalue weighted by Crippen LogP contribution is -2.41. The Balaban J connectivity index is 2.88. The van der Waals surface area contributed by atoms with Crippen LogP contribution in [0.2, 0.25) is 0 Å². The first-order valence-electron chi connectivity index (χ1n) is 4.11. The molecule has 0 unspecified atom stereocenters. The van der Waals surface area contributed by atoms with Crippen LogP contribution in [0.3, 0.4) is 0 Å². The summed E-state index contributed by atoms with van der Waals surface area (Å²) in [6.45, 7) is 9.28. The SMILES string of the molecule is CC1(C)CC(C)(C)OP(C)(=O)O1. The summed E-state index contributed by atoms with van der Waals surface area (Å²) in [7, 11) is -2.83. The second-order valence-electron chi connectivity index (χ2n) is 4.65. The lowest BCUT2D eigenvalue weighted by Gasteiger charge is -2.43. The van der Waals surface area contributed by atoms with Gasteiger partial charge in [0, 0.05) is 13.1 Å². The predicted molar refractivity (Wildman–Crippen MR) is 48.5 cm³/mol. The Labute approximate surface area is 74.0 Å². The second-order valence-corrected chi connectivity index (χ2v) is 6.56. The van der Waals surface area contributed by atoms with E-state index in [2.05, 4.69) is 0 Å². The zero-order valence-electron chi connectivity index (χ0n) is 8.38. The molecule has 0 radical (unpaired) electrons. The molecule has 0 N–H and O–H groups in total. The van der Waals surface area contributed by atoms with Crippen LogP contribution in [0, 0.1) is 0 Å². The summed E-state index contributed by atoms with van der Waals surface area (Å²) in [6.07, 6.45) is 0.762. The van der Waals surface area contributed by atoms with Gasteiger partial charge < -0.3 is 9.05 Å². The number of hydrogen-bond donors (Lipinski definition) is 0. The Hall–Kier alpha value is 0.150. The van der Waals surface area contributed by atoms with Gasteiger partial charge in [0.1, 0.15) is 0 Å². The van der Waals surface area contributed by atoms with E-state index < -0.39 is 7.60 Å². The molecule has 1 heterocycles. The zero-order valence-corrected chi connectivity index (χ0v) is 9.27. The van der Waals surface area contributed by atoms with Crippen molar-refractivity contribution < 1.29 is 13.6 Å². The number of rotatable bonds is 0. The van der Waals surface area contributed by atoms with E-state index in [1.54, 1.807) is 0 Å². The van der Waals surface area contributed by atoms with Gasteiger partial charge in [-0.2, -0.15) is 0 Å². The normalized spacial score (nSPS) is 31.4. The van der Waals surface area contributed by atoms with Gasteiger partial charge >= 0.3 is 7.60 Å². The first kappa shape index (κ1) is 10.2. The molecule has 0 spiro atoms. The summed E-state index contributed by atoms with van der Waals surface area (Å²) < 4.78 is 22.3. The standard InChI is InChI=1S/C8H17O3P/c1-7(2)6-8(3,4)11-12(5,9)10-7/h6H2,1-5H3. The third-order valence-electron chi connectivity index (χ3n) is 1.68. The molecule has 4 heteroatoms. The van der Waals surface area contributed by atoms with E-state index in [0.29, 0.717) is 0 Å². The van der Waals surface area contributed by atoms with E-state index in [0.717, 1.165) is 6.42 Å². The highest BCUT2D eigenvalue weighted by molar-refractivity contribution is 7.53. The molecule has 72 valence electrons. The minimum Gasteiger partial charge on any atom is -0.303 e. The van der Waals surface area contributed by atoms with Gasteiger partial charge in [0.15, 0.2) is 0 Å². The van der Waals surface area contributed by atoms with Crippen LogP contribution in [-0.4, -0.2) is 17.9 Å². The molecule has 0 saturated carbocycles. The predicted octanol–water partition coefficient (Wildman–Crippen LogP) is 2.80. The Morgan fingerprint density at radius 3 is 1.67 bits per heavy atom. The van der Waals surface area contributed by atoms with Gasteiger partial charge in [-0.15, -0.1) is 0 Å². The quantitative estimate of drug-likeness (QED) is 0.553. The van der Waals surface area contributed by atoms with Crippen LogP contribution in [0.4, 0.5) is 0 Å². The molecule has 1 aliphatic heterocycles. The van der Waals surface area contributed by atoms with E-state index in [4.69, 9.17) is 9.05 Å². The zero-order chi connectivity index (χ0) is 9.62. The molecule has 0 aromatic heterocycles. The molecule has 0 amide bonds. The third kappa shape index (κ3) is 2.58. The maximum Gasteiger partial charge on any atom is 0.328 e. The summed E-state index contributed by atoms with van der Waals surface area (Å²) in [6, 6.07) is 0. The van der Waals surface area contributed by atoms with Gasteiger partial charge in [0.05, 0.1) is 11.2 Å². The summed E-state index contributed by atoms with van der Waals surface area (Å²) in [5.74, 6) is 0. The van der Waals surface area contributed by atoms with Gasteiger partial charge in [-0.05, 0) is 27.7 Å². The first-order valence-corrected chi connectivity index (χ1v) is 6.10. The maximum absolute atomic E-state index is 11.6. The molecule has 1 aliphatic rings. The average Bonchev–Trinajstić information content (AvgIpc) is 1.44. The summed E-state index contributed by atoms with van der Waals surface area (Å²) in [5, 5.41) is 0. The van der Waals surface area contributed by atoms with Crippen LogP contribution >= 0.6 is 7.60 Å². The molecular formula is C8H17O3P. The monoisotopic (exact) mass is 192 g/mol. The van der Waals surface area contributed by atoms with Crippen molar-refractivity contribution in [3.8, 4) is 0 Å². The highest BCUT2D eigenvalue weighted by Gasteiger charge is 2.44. The molecule has 0 aromatic carbocycles. The van der Waals surface area contributed by atoms with E-state index >= 15 is 0 Å². The molecule has 0 aromatic rings. The molecule has 3 nitrogen and oxygen atoms in total. The summed E-state index contributed by atoms with van der Waals surface area (Å²) >= 11 is 0. The number of hydrogen-bond acceptors (Lipinski definition) is 3. The molecular weight excluding hydrogens is 175 g/mol. The van der Waals surface area contributed by atoms with Crippen molar-refractivity contribution in [2.75, 3.05) is 6.66 Å². The molecule has 0 aliphatic carbocycles. The van der Waals surface area contributed by atoms with Crippen LogP contribution in [-0.2, 0) is 13.6 Å². The van der Waals surface area contributed by atoms with Gasteiger partial charge in [-0.1, -0.05) is 0 Å². The largest absolute Gasteiger partial charge is 0.328 e. The fourth-order valence-corrected chi connectivity index (χ4v) is 3.97. The van der Waals surface area contributed by atoms with Crippen molar-refractivity contribution in [1.29, 1.82) is 0 Å². The van der Waals surface area contributed by atoms with Gasteiger partial charge in [-0.25, -0.2) is 0 Å². The van der Waals surface area contributed by atoms with Crippen molar-refractivity contribution in [1.82, 2.24) is 0 Å². The van der Waals surface area contributed by atoms with E-state index in [9.17, 15) is 4.57 Å². The molecule has 12 heavy (non-hydrogen) atoms. The lowest BCUT2D eigenvalue weighted by atomic mass is 9.93. The van der Waals surface area contributed by atoms with E-state index in [1.807, 2.05) is 27.7 Å². The molecule has 0 bridgehead atoms. The molecule has 1 fully saturated rings. The van der Waals surface area contributed by atoms with Crippen molar-refractivity contribution in [3.63, 3.8) is 0 Å². The van der Waals surface area contributed by atoms with Crippen LogP contribution in [0.1, 0.15) is 34.1 Å². The van der Waals surface area contributed by atoms with Crippen LogP contribution in [0.25, 0.3) is 0 Å². The fraction of sp³-hybridized carbons (Fsp3) is 1.00. The summed E-state index contributed by atoms with van der Waals surface area (Å²) in [5.41, 5.74) is -0.682. The van der Waals surface area contributed by atoms with E-state index in [-0.39, 0.29) is 11.2 Å². The smallest absolute Gasteiger partial charge is 0.303 e. The molecule has 1 rings (SSSR count). The van der Waals surface area contributed by atoms with Crippen molar-refractivity contribution >= 4 is 7.60 Å². The summed E-state index contributed by atoms with van der Waals surface area (Å²) in [4.78, 5) is 0. The molecule has 1 saturated heterocycles. The van der Waals surface area contributed by atoms with Crippen molar-refractivity contribution in [3.05, 3.63) is 0 Å². The Kier molecular flexibility index (Phi) is 2.19. The topological polar surface area (TPSA) is 35.5 Å². The fourth-order valence-electron chi connectivity index (χ4n) is 2.01. The molecule has 0 atom stereocenters. The average molecular weight is 192 g/mol. The van der Waals surface area contributed by atoms with Crippen LogP contribution < -0.4 is 0 Å². The minimum atomic E-state index is -2.83. The maximum atomic E-state index is 11.6. The van der Waals surface area contributed by atoms with Crippen LogP contribution in [0.15, 0.2) is 0 Å². The lowest BCUT2D eigenvalue weighted by molar-refractivity contribution is -0.0593. The van der Waals surface area contributed by atoms with Crippen LogP contribution in [0.5, 0.6) is 0 Å². The minimum absolute atomic E-state index is 0.341. The second kappa shape index (κ2) is 2.57. The first-order chi connectivity index (χ1) is 5.12. The van der Waals surface area contributed by atoms with Crippen molar-refractivity contribution in [2.45, 2.75) is 45.3 Å². The third-order valence-corrected chi connectivity index (χ3v) is 3.33. The van der Waals surface area contributed by atoms with Gasteiger partial charge in [0.2, 0.25) is 0 Å². The van der Waals surface area contributed by atoms with E-state index in [1.165, 1.54) is 6.66 Å². The van der Waals surface area contributed by atoms with Crippen molar-refractivity contribution in [2.24, 2.45) is 0 Å². The Bertz CT molecular complexity index is 212.